The van der Waals surface area contributed by atoms with Gasteiger partial charge in [0.2, 0.25) is 26.5 Å². The van der Waals surface area contributed by atoms with Crippen molar-refractivity contribution in [1.29, 1.82) is 0 Å². The highest BCUT2D eigenvalue weighted by Gasteiger charge is 2.51. The van der Waals surface area contributed by atoms with Crippen molar-refractivity contribution in [3.8, 4) is 23.2 Å². The second-order valence-corrected chi connectivity index (χ2v) is 23.3. The quantitative estimate of drug-likeness (QED) is 0.0201. The van der Waals surface area contributed by atoms with E-state index in [1.807, 2.05) is 19.1 Å². The number of ether oxygens (including phenoxy) is 5. The van der Waals surface area contributed by atoms with E-state index in [-0.39, 0.29) is 90.8 Å². The van der Waals surface area contributed by atoms with Gasteiger partial charge in [0.25, 0.3) is 5.56 Å². The number of amides is 1. The van der Waals surface area contributed by atoms with E-state index in [0.29, 0.717) is 125 Å². The number of nitrogens with zero attached hydrogens (tertiary/aromatic N) is 7. The lowest BCUT2D eigenvalue weighted by molar-refractivity contribution is -0.175. The van der Waals surface area contributed by atoms with Crippen LogP contribution in [0.3, 0.4) is 0 Å². The molecule has 23 nitrogen and oxygen atoms in total. The second-order valence-electron chi connectivity index (χ2n) is 21.4. The zero-order chi connectivity index (χ0) is 61.4. The van der Waals surface area contributed by atoms with Gasteiger partial charge in [0, 0.05) is 91.7 Å². The third-order valence-electron chi connectivity index (χ3n) is 14.9. The van der Waals surface area contributed by atoms with Crippen LogP contribution in [0.25, 0.3) is 22.3 Å². The van der Waals surface area contributed by atoms with E-state index in [1.54, 1.807) is 52.7 Å². The number of ketones is 3. The van der Waals surface area contributed by atoms with Crippen molar-refractivity contribution in [2.24, 2.45) is 11.7 Å². The molecule has 0 saturated carbocycles. The van der Waals surface area contributed by atoms with Crippen molar-refractivity contribution in [3.05, 3.63) is 122 Å². The van der Waals surface area contributed by atoms with Gasteiger partial charge in [0.15, 0.2) is 11.6 Å². The summed E-state index contributed by atoms with van der Waals surface area (Å²) in [6.07, 6.45) is 9.34. The van der Waals surface area contributed by atoms with Crippen LogP contribution in [0.2, 0.25) is 0 Å². The van der Waals surface area contributed by atoms with Gasteiger partial charge in [0.05, 0.1) is 53.4 Å². The Kier molecular flexibility index (Phi) is 21.9. The topological polar surface area (TPSA) is 312 Å². The molecule has 0 radical (unpaired) electrons. The Morgan fingerprint density at radius 1 is 0.895 bits per heavy atom. The second kappa shape index (κ2) is 29.6. The van der Waals surface area contributed by atoms with Crippen LogP contribution in [0.15, 0.2) is 77.1 Å². The van der Waals surface area contributed by atoms with Crippen molar-refractivity contribution in [2.45, 2.75) is 141 Å². The number of rotatable bonds is 31. The maximum Gasteiger partial charge on any atom is 0.510 e. The number of benzene rings is 2. The molecule has 2 atom stereocenters. The summed E-state index contributed by atoms with van der Waals surface area (Å²) >= 11 is 0. The highest BCUT2D eigenvalue weighted by Crippen LogP contribution is 2.42. The van der Waals surface area contributed by atoms with Crippen molar-refractivity contribution in [3.63, 3.8) is 0 Å². The number of hydrogen-bond donors (Lipinski definition) is 2. The number of esters is 1. The number of hydrogen-bond acceptors (Lipinski definition) is 20. The Labute approximate surface area is 498 Å². The predicted octanol–water partition coefficient (Wildman–Crippen LogP) is 6.55. The van der Waals surface area contributed by atoms with Crippen LogP contribution >= 0.6 is 0 Å². The van der Waals surface area contributed by atoms with Gasteiger partial charge >= 0.3 is 12.1 Å². The third kappa shape index (κ3) is 16.3. The number of anilines is 1. The standard InChI is InChI=1S/C62H71N9O14S/c1-5-49-50-29-40(3)17-24-54(50)67-56-51(49)35-71-55(56)31-53-52(58(71)76)39-83-59(77)62(53,6-2)85-61(78)84-36-41-18-20-44(21-19-41)66-57(75)43(14-10-11-25-63)30-48(74)38-82-37-47(73)16-12-27-81-28-26-70-34-45(68-69-70)22-23-46(72)15-9-7-8-13-42-32-64-60(65-33-42)86(4,79)80/h17-21,24,29,31-34,43H,5-7,9-12,14-16,22-23,25-28,30,35-39,63H2,1-4H3,(H,66,75)/t43-,62+/m1/s1. The summed E-state index contributed by atoms with van der Waals surface area (Å²) in [4.78, 5) is 105. The van der Waals surface area contributed by atoms with E-state index in [9.17, 15) is 42.0 Å². The minimum absolute atomic E-state index is 0.0452. The molecule has 2 aliphatic rings. The van der Waals surface area contributed by atoms with E-state index in [0.717, 1.165) is 40.3 Å². The van der Waals surface area contributed by atoms with E-state index in [4.69, 9.17) is 34.4 Å². The third-order valence-corrected chi connectivity index (χ3v) is 15.8. The molecule has 6 aromatic rings. The zero-order valence-electron chi connectivity index (χ0n) is 48.8. The first kappa shape index (κ1) is 63.6. The zero-order valence-corrected chi connectivity index (χ0v) is 49.6. The molecule has 0 aliphatic carbocycles. The maximum atomic E-state index is 14.2. The van der Waals surface area contributed by atoms with Gasteiger partial charge in [-0.05, 0) is 99.9 Å². The van der Waals surface area contributed by atoms with Gasteiger partial charge in [-0.15, -0.1) is 5.10 Å². The van der Waals surface area contributed by atoms with Gasteiger partial charge in [-0.3, -0.25) is 24.0 Å². The summed E-state index contributed by atoms with van der Waals surface area (Å²) in [7, 11) is -3.49. The van der Waals surface area contributed by atoms with Gasteiger partial charge in [-0.1, -0.05) is 61.1 Å². The van der Waals surface area contributed by atoms with Gasteiger partial charge in [0.1, 0.15) is 32.2 Å². The van der Waals surface area contributed by atoms with E-state index in [1.165, 1.54) is 12.4 Å². The molecule has 1 amide bonds. The minimum atomic E-state index is -3.49. The maximum absolute atomic E-state index is 14.2. The molecule has 454 valence electrons. The SMILES string of the molecule is CCc1c2c(nc3ccc(C)cc13)-c1cc3c(c(=O)n1C2)COC(=O)[C@@]3(CC)OC(=O)OCc1ccc(NC(=O)[C@H](CCCCN)CC(=O)COCC(=O)CCCOCCn2cc(CCC(=O)CCCC#Cc3cnc(S(C)(=O)=O)nc3)nn2)cc1. The number of sulfone groups is 1. The van der Waals surface area contributed by atoms with Crippen molar-refractivity contribution in [1.82, 2.24) is 34.5 Å². The summed E-state index contributed by atoms with van der Waals surface area (Å²) in [6, 6.07) is 14.3. The number of aromatic nitrogens is 7. The number of nitrogens with two attached hydrogens (primary N) is 1. The molecule has 4 aromatic heterocycles. The molecule has 2 aliphatic heterocycles. The molecule has 8 rings (SSSR count). The average molecular weight is 1200 g/mol. The first-order chi connectivity index (χ1) is 41.4. The summed E-state index contributed by atoms with van der Waals surface area (Å²) < 4.78 is 54.3. The molecular formula is C62H71N9O14S. The molecule has 3 N–H and O–H groups in total. The Morgan fingerprint density at radius 2 is 1.66 bits per heavy atom. The Morgan fingerprint density at radius 3 is 2.41 bits per heavy atom. The largest absolute Gasteiger partial charge is 0.510 e. The molecule has 0 fully saturated rings. The molecule has 0 bridgehead atoms. The van der Waals surface area contributed by atoms with Crippen LogP contribution in [0.4, 0.5) is 10.5 Å². The monoisotopic (exact) mass is 1200 g/mol. The first-order valence-electron chi connectivity index (χ1n) is 28.8. The predicted molar refractivity (Wildman–Crippen MR) is 314 cm³/mol. The van der Waals surface area contributed by atoms with Crippen LogP contribution in [-0.2, 0) is 102 Å². The molecule has 0 saturated heterocycles. The fraction of sp³-hybridized carbons (Fsp3) is 0.452. The van der Waals surface area contributed by atoms with E-state index < -0.39 is 33.5 Å². The van der Waals surface area contributed by atoms with E-state index >= 15 is 0 Å². The number of fused-ring (bicyclic) bond motifs is 5. The first-order valence-corrected chi connectivity index (χ1v) is 30.7. The van der Waals surface area contributed by atoms with Gasteiger partial charge in [-0.25, -0.2) is 37.6 Å². The Balaban J connectivity index is 0.721. The fourth-order valence-electron chi connectivity index (χ4n) is 10.3. The minimum Gasteiger partial charge on any atom is -0.457 e. The molecule has 0 spiro atoms. The molecule has 86 heavy (non-hydrogen) atoms. The molecule has 24 heteroatoms. The number of nitrogens with one attached hydrogen (secondary N) is 1. The lowest BCUT2D eigenvalue weighted by Crippen LogP contribution is -2.47. The summed E-state index contributed by atoms with van der Waals surface area (Å²) in [5.41, 5.74) is 11.0. The molecule has 0 unspecified atom stereocenters. The lowest BCUT2D eigenvalue weighted by atomic mass is 9.85. The van der Waals surface area contributed by atoms with Crippen LogP contribution in [0.5, 0.6) is 0 Å². The number of unbranched alkanes of at least 4 members (excludes halogenated alkanes) is 2. The fourth-order valence-corrected chi connectivity index (χ4v) is 10.8. The molecule has 6 heterocycles. The van der Waals surface area contributed by atoms with Crippen molar-refractivity contribution >= 4 is 61.8 Å². The van der Waals surface area contributed by atoms with Crippen molar-refractivity contribution < 1.29 is 60.9 Å². The molecular weight excluding hydrogens is 1130 g/mol. The Hall–Kier alpha value is -8.37. The number of pyridine rings is 2. The summed E-state index contributed by atoms with van der Waals surface area (Å²) in [5, 5.41) is 11.9. The lowest BCUT2D eigenvalue weighted by Gasteiger charge is -2.35. The smallest absolute Gasteiger partial charge is 0.457 e. The number of carbonyl (C=O) groups is 6. The number of carbonyl (C=O) groups excluding carboxylic acids is 6. The van der Waals surface area contributed by atoms with Crippen molar-refractivity contribution in [2.75, 3.05) is 44.5 Å². The number of cyclic esters (lactones) is 1. The van der Waals surface area contributed by atoms with Gasteiger partial charge in [-0.2, -0.15) is 0 Å². The number of aryl methyl sites for hydroxylation is 3. The summed E-state index contributed by atoms with van der Waals surface area (Å²) in [5.74, 6) is 3.44. The Bertz CT molecular complexity index is 3720. The highest BCUT2D eigenvalue weighted by atomic mass is 32.2. The van der Waals surface area contributed by atoms with Crippen LogP contribution in [-0.4, -0.2) is 118 Å². The number of Topliss-reactive ketones (excluding diaryl/α,β-unsaturated/α-hetero) is 3. The molecule has 2 aromatic carbocycles. The summed E-state index contributed by atoms with van der Waals surface area (Å²) in [6.45, 7) is 6.38. The highest BCUT2D eigenvalue weighted by molar-refractivity contribution is 7.90. The normalized spacial score (nSPS) is 14.5. The average Bonchev–Trinajstić information content (AvgIpc) is 1.79. The van der Waals surface area contributed by atoms with Crippen LogP contribution < -0.4 is 16.6 Å². The van der Waals surface area contributed by atoms with Crippen LogP contribution in [0, 0.1) is 24.7 Å². The van der Waals surface area contributed by atoms with Gasteiger partial charge < -0.3 is 39.3 Å². The van der Waals surface area contributed by atoms with Crippen LogP contribution in [0.1, 0.15) is 129 Å². The van der Waals surface area contributed by atoms with E-state index in [2.05, 4.69) is 50.4 Å².